The zero-order chi connectivity index (χ0) is 20.5. The van der Waals surface area contributed by atoms with Crippen LogP contribution in [-0.2, 0) is 4.74 Å². The summed E-state index contributed by atoms with van der Waals surface area (Å²) in [6, 6.07) is 10.2. The summed E-state index contributed by atoms with van der Waals surface area (Å²) in [7, 11) is 0. The van der Waals surface area contributed by atoms with E-state index in [4.69, 9.17) is 9.84 Å². The van der Waals surface area contributed by atoms with Crippen molar-refractivity contribution in [3.63, 3.8) is 0 Å². The Bertz CT molecular complexity index is 1030. The first-order valence-corrected chi connectivity index (χ1v) is 9.20. The molecule has 0 aromatic heterocycles. The molecule has 1 fully saturated rings. The van der Waals surface area contributed by atoms with Gasteiger partial charge in [0, 0.05) is 17.9 Å². The Morgan fingerprint density at radius 1 is 1.07 bits per heavy atom. The summed E-state index contributed by atoms with van der Waals surface area (Å²) < 4.78 is 5.51. The van der Waals surface area contributed by atoms with E-state index in [-0.39, 0.29) is 40.8 Å². The van der Waals surface area contributed by atoms with Gasteiger partial charge in [0.15, 0.2) is 0 Å². The van der Waals surface area contributed by atoms with E-state index < -0.39 is 17.8 Å². The summed E-state index contributed by atoms with van der Waals surface area (Å²) >= 11 is 0. The zero-order valence-corrected chi connectivity index (χ0v) is 15.4. The Balaban J connectivity index is 1.53. The maximum Gasteiger partial charge on any atom is 0.335 e. The van der Waals surface area contributed by atoms with Crippen LogP contribution in [0.1, 0.15) is 54.3 Å². The molecule has 2 aromatic carbocycles. The summed E-state index contributed by atoms with van der Waals surface area (Å²) in [5.74, 6) is -2.44. The number of hydrogen-bond acceptors (Lipinski definition) is 5. The predicted octanol–water partition coefficient (Wildman–Crippen LogP) is 2.41. The number of benzene rings is 2. The molecule has 2 N–H and O–H groups in total. The molecule has 8 heteroatoms. The van der Waals surface area contributed by atoms with Crippen LogP contribution in [0.2, 0.25) is 0 Å². The maximum atomic E-state index is 12.7. The van der Waals surface area contributed by atoms with Crippen LogP contribution in [0, 0.1) is 0 Å². The summed E-state index contributed by atoms with van der Waals surface area (Å²) in [6.07, 6.45) is 1.55. The molecule has 0 bridgehead atoms. The summed E-state index contributed by atoms with van der Waals surface area (Å²) in [4.78, 5) is 50.0. The van der Waals surface area contributed by atoms with Gasteiger partial charge in [-0.15, -0.1) is 0 Å². The van der Waals surface area contributed by atoms with Gasteiger partial charge in [-0.3, -0.25) is 19.3 Å². The minimum absolute atomic E-state index is 0.0438. The third-order valence-corrected chi connectivity index (χ3v) is 5.01. The molecule has 2 heterocycles. The first-order valence-electron chi connectivity index (χ1n) is 9.20. The second kappa shape index (κ2) is 7.48. The number of carbonyl (C=O) groups excluding carboxylic acids is 3. The fraction of sp³-hybridized carbons (Fsp3) is 0.238. The second-order valence-electron chi connectivity index (χ2n) is 6.96. The van der Waals surface area contributed by atoms with E-state index in [0.29, 0.717) is 12.3 Å². The van der Waals surface area contributed by atoms with E-state index in [1.165, 1.54) is 41.3 Å². The van der Waals surface area contributed by atoms with Crippen LogP contribution in [-0.4, -0.2) is 53.0 Å². The SMILES string of the molecule is O=C(O)c1cccc(NC(=O)c2ccc3c(c2)C(=O)N(C[C@@H]2CCCO2)C3=O)c1. The first kappa shape index (κ1) is 18.8. The van der Waals surface area contributed by atoms with Crippen molar-refractivity contribution in [2.45, 2.75) is 18.9 Å². The number of hydrogen-bond donors (Lipinski definition) is 2. The molecule has 1 saturated heterocycles. The highest BCUT2D eigenvalue weighted by Crippen LogP contribution is 2.26. The second-order valence-corrected chi connectivity index (χ2v) is 6.96. The van der Waals surface area contributed by atoms with E-state index in [9.17, 15) is 19.2 Å². The highest BCUT2D eigenvalue weighted by molar-refractivity contribution is 6.22. The number of carbonyl (C=O) groups is 4. The molecule has 0 unspecified atom stereocenters. The molecule has 148 valence electrons. The van der Waals surface area contributed by atoms with Gasteiger partial charge >= 0.3 is 5.97 Å². The lowest BCUT2D eigenvalue weighted by Gasteiger charge is -2.17. The van der Waals surface area contributed by atoms with Crippen LogP contribution in [0.4, 0.5) is 5.69 Å². The number of carboxylic acids is 1. The van der Waals surface area contributed by atoms with Gasteiger partial charge < -0.3 is 15.2 Å². The lowest BCUT2D eigenvalue weighted by Crippen LogP contribution is -2.36. The summed E-state index contributed by atoms with van der Waals surface area (Å²) in [5, 5.41) is 11.7. The molecule has 2 aliphatic rings. The number of aromatic carboxylic acids is 1. The monoisotopic (exact) mass is 394 g/mol. The predicted molar refractivity (Wildman–Crippen MR) is 102 cm³/mol. The van der Waals surface area contributed by atoms with E-state index in [1.807, 2.05) is 0 Å². The Kier molecular flexibility index (Phi) is 4.85. The quantitative estimate of drug-likeness (QED) is 0.753. The van der Waals surface area contributed by atoms with Crippen LogP contribution < -0.4 is 5.32 Å². The number of carboxylic acid groups (broad SMARTS) is 1. The molecule has 3 amide bonds. The van der Waals surface area contributed by atoms with Crippen LogP contribution in [0.5, 0.6) is 0 Å². The summed E-state index contributed by atoms with van der Waals surface area (Å²) in [5.41, 5.74) is 1.00. The molecule has 0 radical (unpaired) electrons. The van der Waals surface area contributed by atoms with Gasteiger partial charge in [0.05, 0.1) is 29.3 Å². The van der Waals surface area contributed by atoms with Gasteiger partial charge in [-0.1, -0.05) is 6.07 Å². The van der Waals surface area contributed by atoms with Crippen molar-refractivity contribution in [2.75, 3.05) is 18.5 Å². The van der Waals surface area contributed by atoms with E-state index in [1.54, 1.807) is 6.07 Å². The smallest absolute Gasteiger partial charge is 0.335 e. The van der Waals surface area contributed by atoms with Crippen molar-refractivity contribution in [1.82, 2.24) is 4.90 Å². The number of rotatable bonds is 5. The third kappa shape index (κ3) is 3.62. The maximum absolute atomic E-state index is 12.7. The molecule has 29 heavy (non-hydrogen) atoms. The fourth-order valence-electron chi connectivity index (χ4n) is 3.52. The molecule has 2 aliphatic heterocycles. The third-order valence-electron chi connectivity index (χ3n) is 5.01. The highest BCUT2D eigenvalue weighted by Gasteiger charge is 2.37. The Morgan fingerprint density at radius 2 is 1.86 bits per heavy atom. The Hall–Kier alpha value is -3.52. The van der Waals surface area contributed by atoms with Gasteiger partial charge in [-0.2, -0.15) is 0 Å². The van der Waals surface area contributed by atoms with Gasteiger partial charge in [0.2, 0.25) is 0 Å². The number of anilines is 1. The van der Waals surface area contributed by atoms with E-state index >= 15 is 0 Å². The Morgan fingerprint density at radius 3 is 2.59 bits per heavy atom. The van der Waals surface area contributed by atoms with E-state index in [2.05, 4.69) is 5.32 Å². The van der Waals surface area contributed by atoms with Crippen molar-refractivity contribution < 1.29 is 29.0 Å². The molecular weight excluding hydrogens is 376 g/mol. The van der Waals surface area contributed by atoms with Gasteiger partial charge in [0.25, 0.3) is 17.7 Å². The van der Waals surface area contributed by atoms with Crippen molar-refractivity contribution in [3.8, 4) is 0 Å². The molecule has 0 aliphatic carbocycles. The number of fused-ring (bicyclic) bond motifs is 1. The molecule has 4 rings (SSSR count). The molecule has 8 nitrogen and oxygen atoms in total. The van der Waals surface area contributed by atoms with Crippen LogP contribution in [0.25, 0.3) is 0 Å². The number of nitrogens with one attached hydrogen (secondary N) is 1. The highest BCUT2D eigenvalue weighted by atomic mass is 16.5. The number of amides is 3. The van der Waals surface area contributed by atoms with Gasteiger partial charge in [-0.25, -0.2) is 4.79 Å². The van der Waals surface area contributed by atoms with Crippen molar-refractivity contribution in [2.24, 2.45) is 0 Å². The first-order chi connectivity index (χ1) is 13.9. The molecule has 1 atom stereocenters. The molecule has 0 saturated carbocycles. The zero-order valence-electron chi connectivity index (χ0n) is 15.4. The molecule has 2 aromatic rings. The number of nitrogens with zero attached hydrogens (tertiary/aromatic N) is 1. The normalized spacial score (nSPS) is 18.1. The van der Waals surface area contributed by atoms with Crippen molar-refractivity contribution >= 4 is 29.4 Å². The number of imide groups is 1. The fourth-order valence-corrected chi connectivity index (χ4v) is 3.52. The lowest BCUT2D eigenvalue weighted by molar-refractivity contribution is 0.0475. The molecular formula is C21H18N2O6. The minimum atomic E-state index is -1.10. The van der Waals surface area contributed by atoms with Gasteiger partial charge in [-0.05, 0) is 49.2 Å². The minimum Gasteiger partial charge on any atom is -0.478 e. The van der Waals surface area contributed by atoms with Crippen LogP contribution in [0.3, 0.4) is 0 Å². The van der Waals surface area contributed by atoms with Gasteiger partial charge in [0.1, 0.15) is 0 Å². The average Bonchev–Trinajstić information content (AvgIpc) is 3.31. The number of ether oxygens (including phenoxy) is 1. The van der Waals surface area contributed by atoms with Crippen LogP contribution >= 0.6 is 0 Å². The largest absolute Gasteiger partial charge is 0.478 e. The Labute approximate surface area is 166 Å². The van der Waals surface area contributed by atoms with E-state index in [0.717, 1.165) is 12.8 Å². The molecule has 0 spiro atoms. The average molecular weight is 394 g/mol. The topological polar surface area (TPSA) is 113 Å². The lowest BCUT2D eigenvalue weighted by atomic mass is 10.1. The van der Waals surface area contributed by atoms with Crippen LogP contribution in [0.15, 0.2) is 42.5 Å². The standard InChI is InChI=1S/C21H18N2O6/c24-18(22-14-4-1-3-13(9-14)21(27)28)12-6-7-16-17(10-12)20(26)23(19(16)25)11-15-5-2-8-29-15/h1,3-4,6-7,9-10,15H,2,5,8,11H2,(H,22,24)(H,27,28)/t15-/m0/s1. The van der Waals surface area contributed by atoms with Crippen molar-refractivity contribution in [1.29, 1.82) is 0 Å². The van der Waals surface area contributed by atoms with Crippen molar-refractivity contribution in [3.05, 3.63) is 64.7 Å². The summed E-state index contributed by atoms with van der Waals surface area (Å²) in [6.45, 7) is 0.830.